The van der Waals surface area contributed by atoms with Crippen molar-refractivity contribution in [2.24, 2.45) is 5.92 Å². The minimum atomic E-state index is 0.0816. The van der Waals surface area contributed by atoms with Crippen LogP contribution in [0.15, 0.2) is 11.1 Å². The van der Waals surface area contributed by atoms with E-state index >= 15 is 0 Å². The standard InChI is InChI=1S/C11H17BrO/c1-9(12)10-7-5-3-2-4-6-8-11(10)13/h10H,1-8H2. The second-order valence-corrected chi connectivity index (χ2v) is 4.79. The van der Waals surface area contributed by atoms with Gasteiger partial charge in [-0.25, -0.2) is 0 Å². The first-order valence-electron chi connectivity index (χ1n) is 5.09. The lowest BCUT2D eigenvalue weighted by atomic mass is 9.96. The zero-order chi connectivity index (χ0) is 9.68. The highest BCUT2D eigenvalue weighted by Crippen LogP contribution is 2.27. The second-order valence-electron chi connectivity index (χ2n) is 3.77. The molecule has 1 nitrogen and oxygen atoms in total. The average molecular weight is 245 g/mol. The topological polar surface area (TPSA) is 17.1 Å². The van der Waals surface area contributed by atoms with Crippen LogP contribution in [0, 0.1) is 5.92 Å². The van der Waals surface area contributed by atoms with Gasteiger partial charge in [0.2, 0.25) is 0 Å². The Morgan fingerprint density at radius 3 is 2.54 bits per heavy atom. The van der Waals surface area contributed by atoms with Gasteiger partial charge in [-0.15, -0.1) is 0 Å². The molecule has 0 aliphatic heterocycles. The van der Waals surface area contributed by atoms with Crippen LogP contribution in [0.3, 0.4) is 0 Å². The summed E-state index contributed by atoms with van der Waals surface area (Å²) in [6.45, 7) is 3.83. The maximum Gasteiger partial charge on any atom is 0.140 e. The third-order valence-corrected chi connectivity index (χ3v) is 3.24. The van der Waals surface area contributed by atoms with Gasteiger partial charge in [0.05, 0.1) is 0 Å². The van der Waals surface area contributed by atoms with Gasteiger partial charge in [0.15, 0.2) is 0 Å². The van der Waals surface area contributed by atoms with Gasteiger partial charge >= 0.3 is 0 Å². The lowest BCUT2D eigenvalue weighted by Gasteiger charge is -2.12. The molecule has 2 heteroatoms. The average Bonchev–Trinajstić information content (AvgIpc) is 2.16. The zero-order valence-corrected chi connectivity index (χ0v) is 9.61. The van der Waals surface area contributed by atoms with Crippen molar-refractivity contribution in [1.82, 2.24) is 0 Å². The van der Waals surface area contributed by atoms with Gasteiger partial charge in [-0.3, -0.25) is 4.79 Å². The van der Waals surface area contributed by atoms with Crippen molar-refractivity contribution in [3.05, 3.63) is 11.1 Å². The Balaban J connectivity index is 2.55. The Kier molecular flexibility index (Phi) is 4.71. The van der Waals surface area contributed by atoms with Crippen LogP contribution in [0.25, 0.3) is 0 Å². The number of allylic oxidation sites excluding steroid dienone is 1. The van der Waals surface area contributed by atoms with E-state index in [1.807, 2.05) is 0 Å². The number of ketones is 1. The summed E-state index contributed by atoms with van der Waals surface area (Å²) in [5.74, 6) is 0.460. The zero-order valence-electron chi connectivity index (χ0n) is 8.02. The largest absolute Gasteiger partial charge is 0.299 e. The molecule has 1 aliphatic rings. The maximum atomic E-state index is 11.7. The summed E-state index contributed by atoms with van der Waals surface area (Å²) in [7, 11) is 0. The summed E-state index contributed by atoms with van der Waals surface area (Å²) in [6.07, 6.45) is 7.74. The monoisotopic (exact) mass is 244 g/mol. The number of hydrogen-bond donors (Lipinski definition) is 0. The summed E-state index contributed by atoms with van der Waals surface area (Å²) in [5.41, 5.74) is 0. The first kappa shape index (κ1) is 11.0. The fraction of sp³-hybridized carbons (Fsp3) is 0.727. The van der Waals surface area contributed by atoms with Crippen molar-refractivity contribution < 1.29 is 4.79 Å². The Morgan fingerprint density at radius 2 is 1.85 bits per heavy atom. The Labute approximate surface area is 88.7 Å². The van der Waals surface area contributed by atoms with Crippen molar-refractivity contribution in [2.45, 2.75) is 44.9 Å². The van der Waals surface area contributed by atoms with Gasteiger partial charge in [-0.1, -0.05) is 48.2 Å². The smallest absolute Gasteiger partial charge is 0.140 e. The van der Waals surface area contributed by atoms with Crippen LogP contribution in [0.5, 0.6) is 0 Å². The molecule has 1 fully saturated rings. The predicted octanol–water partition coefficient (Wildman–Crippen LogP) is 3.82. The lowest BCUT2D eigenvalue weighted by molar-refractivity contribution is -0.121. The molecular weight excluding hydrogens is 228 g/mol. The maximum absolute atomic E-state index is 11.7. The highest BCUT2D eigenvalue weighted by Gasteiger charge is 2.20. The summed E-state index contributed by atoms with van der Waals surface area (Å²) in [4.78, 5) is 11.7. The van der Waals surface area contributed by atoms with Crippen LogP contribution < -0.4 is 0 Å². The first-order chi connectivity index (χ1) is 6.22. The van der Waals surface area contributed by atoms with Crippen molar-refractivity contribution >= 4 is 21.7 Å². The number of halogens is 1. The number of carbonyl (C=O) groups excluding carboxylic acids is 1. The first-order valence-corrected chi connectivity index (χ1v) is 5.88. The summed E-state index contributed by atoms with van der Waals surface area (Å²) in [5, 5.41) is 0. The SMILES string of the molecule is C=C(Br)C1CCCCCCCC1=O. The highest BCUT2D eigenvalue weighted by atomic mass is 79.9. The van der Waals surface area contributed by atoms with Gasteiger partial charge in [-0.05, 0) is 17.3 Å². The van der Waals surface area contributed by atoms with Crippen LogP contribution in [-0.2, 0) is 4.79 Å². The summed E-state index contributed by atoms with van der Waals surface area (Å²) in [6, 6.07) is 0. The molecule has 0 aromatic carbocycles. The summed E-state index contributed by atoms with van der Waals surface area (Å²) < 4.78 is 0.874. The van der Waals surface area contributed by atoms with Crippen molar-refractivity contribution in [1.29, 1.82) is 0 Å². The van der Waals surface area contributed by atoms with E-state index in [4.69, 9.17) is 0 Å². The van der Waals surface area contributed by atoms with Crippen LogP contribution in [0.1, 0.15) is 44.9 Å². The molecule has 74 valence electrons. The Bertz CT molecular complexity index is 198. The molecule has 0 amide bonds. The molecule has 1 rings (SSSR count). The van der Waals surface area contributed by atoms with Crippen LogP contribution in [-0.4, -0.2) is 5.78 Å². The molecule has 13 heavy (non-hydrogen) atoms. The van der Waals surface area contributed by atoms with Gasteiger partial charge < -0.3 is 0 Å². The van der Waals surface area contributed by atoms with Crippen molar-refractivity contribution in [3.63, 3.8) is 0 Å². The van der Waals surface area contributed by atoms with E-state index in [2.05, 4.69) is 22.5 Å². The van der Waals surface area contributed by atoms with Gasteiger partial charge in [0.1, 0.15) is 5.78 Å². The minimum Gasteiger partial charge on any atom is -0.299 e. The number of hydrogen-bond acceptors (Lipinski definition) is 1. The van der Waals surface area contributed by atoms with E-state index in [1.165, 1.54) is 25.7 Å². The van der Waals surface area contributed by atoms with E-state index in [9.17, 15) is 4.79 Å². The quantitative estimate of drug-likeness (QED) is 0.686. The molecule has 1 unspecified atom stereocenters. The molecule has 1 aliphatic carbocycles. The lowest BCUT2D eigenvalue weighted by Crippen LogP contribution is -2.13. The van der Waals surface area contributed by atoms with Gasteiger partial charge in [-0.2, -0.15) is 0 Å². The molecule has 0 radical (unpaired) electrons. The van der Waals surface area contributed by atoms with Crippen LogP contribution in [0.4, 0.5) is 0 Å². The molecule has 0 bridgehead atoms. The second kappa shape index (κ2) is 5.58. The number of carbonyl (C=O) groups is 1. The van der Waals surface area contributed by atoms with Crippen LogP contribution in [0.2, 0.25) is 0 Å². The van der Waals surface area contributed by atoms with Gasteiger partial charge in [0, 0.05) is 12.3 Å². The molecule has 0 heterocycles. The normalized spacial score (nSPS) is 25.9. The van der Waals surface area contributed by atoms with E-state index in [1.54, 1.807) is 0 Å². The van der Waals surface area contributed by atoms with E-state index < -0.39 is 0 Å². The molecule has 0 N–H and O–H groups in total. The number of Topliss-reactive ketones (excluding diaryl/α,β-unsaturated/α-hetero) is 1. The fourth-order valence-corrected chi connectivity index (χ4v) is 2.33. The molecular formula is C11H17BrO. The minimum absolute atomic E-state index is 0.0816. The number of rotatable bonds is 1. The Morgan fingerprint density at radius 1 is 1.23 bits per heavy atom. The molecule has 0 aromatic rings. The van der Waals surface area contributed by atoms with E-state index in [-0.39, 0.29) is 5.92 Å². The van der Waals surface area contributed by atoms with Crippen molar-refractivity contribution in [3.8, 4) is 0 Å². The highest BCUT2D eigenvalue weighted by molar-refractivity contribution is 9.11. The molecule has 0 aromatic heterocycles. The Hall–Kier alpha value is -0.110. The third-order valence-electron chi connectivity index (χ3n) is 2.68. The third kappa shape index (κ3) is 3.63. The molecule has 0 spiro atoms. The molecule has 1 atom stereocenters. The molecule has 1 saturated carbocycles. The van der Waals surface area contributed by atoms with Gasteiger partial charge in [0.25, 0.3) is 0 Å². The predicted molar refractivity (Wildman–Crippen MR) is 58.9 cm³/mol. The molecule has 0 saturated heterocycles. The van der Waals surface area contributed by atoms with E-state index in [0.717, 1.165) is 23.7 Å². The van der Waals surface area contributed by atoms with Crippen molar-refractivity contribution in [2.75, 3.05) is 0 Å². The summed E-state index contributed by atoms with van der Waals surface area (Å²) >= 11 is 3.35. The van der Waals surface area contributed by atoms with Crippen LogP contribution >= 0.6 is 15.9 Å². The van der Waals surface area contributed by atoms with E-state index in [0.29, 0.717) is 5.78 Å². The fourth-order valence-electron chi connectivity index (χ4n) is 1.84.